The molecule has 1 N–H and O–H groups in total. The van der Waals surface area contributed by atoms with Crippen LogP contribution < -0.4 is 9.47 Å². The van der Waals surface area contributed by atoms with Crippen molar-refractivity contribution in [2.75, 3.05) is 39.4 Å². The number of carbonyl (C=O) groups is 1. The number of benzene rings is 1. The Bertz CT molecular complexity index is 1210. The van der Waals surface area contributed by atoms with E-state index in [-0.39, 0.29) is 23.9 Å². The molecule has 1 atom stereocenters. The molecular formula is C22H23N3O6S. The topological polar surface area (TPSA) is 109 Å². The monoisotopic (exact) mass is 457 g/mol. The highest BCUT2D eigenvalue weighted by atomic mass is 32.2. The van der Waals surface area contributed by atoms with Gasteiger partial charge in [-0.1, -0.05) is 29.8 Å². The second kappa shape index (κ2) is 7.88. The number of carbonyl (C=O) groups excluding carboxylic acids is 1. The highest BCUT2D eigenvalue weighted by molar-refractivity contribution is 7.89. The van der Waals surface area contributed by atoms with Crippen molar-refractivity contribution in [1.29, 1.82) is 0 Å². The number of aliphatic hydroxyl groups is 1. The molecule has 3 aliphatic rings. The SMILES string of the molecule is Cc1cccc(C(O)C(=O)N2CC3=C(C2)CN(S(=O)(=O)c2cnc4c(c2)OCCO4)C3)c1. The number of aryl methyl sites for hydroxylation is 1. The Morgan fingerprint density at radius 1 is 1.09 bits per heavy atom. The Morgan fingerprint density at radius 2 is 1.81 bits per heavy atom. The van der Waals surface area contributed by atoms with Crippen molar-refractivity contribution in [2.24, 2.45) is 0 Å². The highest BCUT2D eigenvalue weighted by Crippen LogP contribution is 2.34. The summed E-state index contributed by atoms with van der Waals surface area (Å²) in [6, 6.07) is 8.66. The van der Waals surface area contributed by atoms with Crippen LogP contribution in [0.4, 0.5) is 0 Å². The molecule has 168 valence electrons. The first-order valence-electron chi connectivity index (χ1n) is 10.3. The molecule has 0 radical (unpaired) electrons. The van der Waals surface area contributed by atoms with E-state index in [2.05, 4.69) is 4.98 Å². The van der Waals surface area contributed by atoms with Gasteiger partial charge in [0.15, 0.2) is 11.9 Å². The zero-order valence-electron chi connectivity index (χ0n) is 17.5. The summed E-state index contributed by atoms with van der Waals surface area (Å²) >= 11 is 0. The van der Waals surface area contributed by atoms with Crippen molar-refractivity contribution in [2.45, 2.75) is 17.9 Å². The van der Waals surface area contributed by atoms with Crippen molar-refractivity contribution in [3.63, 3.8) is 0 Å². The van der Waals surface area contributed by atoms with Gasteiger partial charge in [-0.15, -0.1) is 0 Å². The summed E-state index contributed by atoms with van der Waals surface area (Å²) in [4.78, 5) is 18.5. The lowest BCUT2D eigenvalue weighted by Crippen LogP contribution is -2.38. The lowest BCUT2D eigenvalue weighted by atomic mass is 10.1. The summed E-state index contributed by atoms with van der Waals surface area (Å²) in [7, 11) is -3.78. The molecule has 9 nitrogen and oxygen atoms in total. The van der Waals surface area contributed by atoms with Gasteiger partial charge in [0.1, 0.15) is 18.1 Å². The number of ether oxygens (including phenoxy) is 2. The molecule has 0 fully saturated rings. The molecule has 0 spiro atoms. The van der Waals surface area contributed by atoms with Crippen LogP contribution in [-0.2, 0) is 14.8 Å². The van der Waals surface area contributed by atoms with Crippen LogP contribution in [0.25, 0.3) is 0 Å². The molecule has 0 aliphatic carbocycles. The van der Waals surface area contributed by atoms with Gasteiger partial charge in [-0.3, -0.25) is 4.79 Å². The molecular weight excluding hydrogens is 434 g/mol. The normalized spacial score (nSPS) is 19.2. The van der Waals surface area contributed by atoms with Gasteiger partial charge in [-0.2, -0.15) is 4.31 Å². The van der Waals surface area contributed by atoms with Crippen molar-refractivity contribution in [3.05, 3.63) is 58.8 Å². The van der Waals surface area contributed by atoms with Crippen molar-refractivity contribution in [1.82, 2.24) is 14.2 Å². The van der Waals surface area contributed by atoms with Crippen molar-refractivity contribution < 1.29 is 27.8 Å². The molecule has 0 bridgehead atoms. The third kappa shape index (κ3) is 3.64. The van der Waals surface area contributed by atoms with Gasteiger partial charge in [0.05, 0.1) is 6.20 Å². The van der Waals surface area contributed by atoms with Crippen LogP contribution in [0.1, 0.15) is 17.2 Å². The standard InChI is InChI=1S/C22H23N3O6S/c1-14-3-2-4-15(7-14)20(26)22(27)24-10-16-12-25(13-17(16)11-24)32(28,29)18-8-19-21(23-9-18)31-6-5-30-19/h2-4,7-9,20,26H,5-6,10-13H2,1H3. The molecule has 1 unspecified atom stereocenters. The summed E-state index contributed by atoms with van der Waals surface area (Å²) in [5.41, 5.74) is 3.30. The van der Waals surface area contributed by atoms with E-state index in [0.717, 1.165) is 16.7 Å². The Morgan fingerprint density at radius 3 is 2.53 bits per heavy atom. The molecule has 3 aliphatic heterocycles. The van der Waals surface area contributed by atoms with Gasteiger partial charge < -0.3 is 19.5 Å². The summed E-state index contributed by atoms with van der Waals surface area (Å²) in [5.74, 6) is 0.230. The van der Waals surface area contributed by atoms with Gasteiger partial charge in [0, 0.05) is 32.2 Å². The van der Waals surface area contributed by atoms with Crippen LogP contribution in [0.3, 0.4) is 0 Å². The number of pyridine rings is 1. The molecule has 32 heavy (non-hydrogen) atoms. The van der Waals surface area contributed by atoms with Gasteiger partial charge in [-0.05, 0) is 23.6 Å². The lowest BCUT2D eigenvalue weighted by molar-refractivity contribution is -0.139. The fourth-order valence-electron chi connectivity index (χ4n) is 4.23. The minimum atomic E-state index is -3.78. The van der Waals surface area contributed by atoms with Crippen molar-refractivity contribution in [3.8, 4) is 11.6 Å². The highest BCUT2D eigenvalue weighted by Gasteiger charge is 2.39. The van der Waals surface area contributed by atoms with E-state index >= 15 is 0 Å². The maximum atomic E-state index is 13.1. The first kappa shape index (κ1) is 20.9. The number of sulfonamides is 1. The Kier molecular flexibility index (Phi) is 5.15. The fraction of sp³-hybridized carbons (Fsp3) is 0.364. The van der Waals surface area contributed by atoms with Crippen molar-refractivity contribution >= 4 is 15.9 Å². The fourth-order valence-corrected chi connectivity index (χ4v) is 5.62. The van der Waals surface area contributed by atoms with Crippen LogP contribution in [0.5, 0.6) is 11.6 Å². The number of hydrogen-bond acceptors (Lipinski definition) is 7. The number of aliphatic hydroxyl groups excluding tert-OH is 1. The van der Waals surface area contributed by atoms with E-state index in [4.69, 9.17) is 9.47 Å². The first-order valence-corrected chi connectivity index (χ1v) is 11.8. The third-order valence-corrected chi connectivity index (χ3v) is 7.67. The minimum absolute atomic E-state index is 0.0470. The van der Waals surface area contributed by atoms with Gasteiger partial charge >= 0.3 is 0 Å². The number of amides is 1. The van der Waals surface area contributed by atoms with E-state index in [1.165, 1.54) is 16.6 Å². The van der Waals surface area contributed by atoms with E-state index in [1.54, 1.807) is 23.1 Å². The van der Waals surface area contributed by atoms with E-state index in [1.807, 2.05) is 13.0 Å². The Labute approximate surface area is 185 Å². The van der Waals surface area contributed by atoms with Crippen LogP contribution in [-0.4, -0.2) is 73.0 Å². The quantitative estimate of drug-likeness (QED) is 0.683. The zero-order chi connectivity index (χ0) is 22.5. The van der Waals surface area contributed by atoms with Crippen LogP contribution >= 0.6 is 0 Å². The van der Waals surface area contributed by atoms with Crippen LogP contribution in [0.2, 0.25) is 0 Å². The molecule has 2 aromatic rings. The zero-order valence-corrected chi connectivity index (χ0v) is 18.3. The van der Waals surface area contributed by atoms with E-state index in [9.17, 15) is 18.3 Å². The minimum Gasteiger partial charge on any atom is -0.484 e. The summed E-state index contributed by atoms with van der Waals surface area (Å²) in [5, 5.41) is 10.5. The molecule has 4 heterocycles. The smallest absolute Gasteiger partial charge is 0.257 e. The molecule has 5 rings (SSSR count). The Balaban J connectivity index is 1.26. The van der Waals surface area contributed by atoms with Gasteiger partial charge in [0.2, 0.25) is 10.0 Å². The van der Waals surface area contributed by atoms with Gasteiger partial charge in [0.25, 0.3) is 11.8 Å². The molecule has 10 heteroatoms. The second-order valence-electron chi connectivity index (χ2n) is 8.16. The van der Waals surface area contributed by atoms with E-state index in [0.29, 0.717) is 43.5 Å². The molecule has 1 aromatic heterocycles. The molecule has 0 saturated carbocycles. The lowest BCUT2D eigenvalue weighted by Gasteiger charge is -2.25. The maximum absolute atomic E-state index is 13.1. The largest absolute Gasteiger partial charge is 0.484 e. The second-order valence-corrected chi connectivity index (χ2v) is 10.1. The molecule has 1 aromatic carbocycles. The van der Waals surface area contributed by atoms with Crippen LogP contribution in [0.15, 0.2) is 52.6 Å². The predicted molar refractivity (Wildman–Crippen MR) is 114 cm³/mol. The number of aromatic nitrogens is 1. The predicted octanol–water partition coefficient (Wildman–Crippen LogP) is 1.04. The number of rotatable bonds is 4. The summed E-state index contributed by atoms with van der Waals surface area (Å²) < 4.78 is 38.5. The Hall–Kier alpha value is -2.95. The summed E-state index contributed by atoms with van der Waals surface area (Å²) in [6.45, 7) is 3.65. The number of nitrogens with zero attached hydrogens (tertiary/aromatic N) is 3. The van der Waals surface area contributed by atoms with E-state index < -0.39 is 16.1 Å². The summed E-state index contributed by atoms with van der Waals surface area (Å²) in [6.07, 6.45) is 0.0406. The maximum Gasteiger partial charge on any atom is 0.257 e. The average Bonchev–Trinajstić information content (AvgIpc) is 3.38. The first-order chi connectivity index (χ1) is 15.3. The number of hydrogen-bond donors (Lipinski definition) is 1. The molecule has 1 amide bonds. The molecule has 0 saturated heterocycles. The average molecular weight is 458 g/mol. The number of fused-ring (bicyclic) bond motifs is 1. The van der Waals surface area contributed by atoms with Crippen LogP contribution in [0, 0.1) is 6.92 Å². The third-order valence-electron chi connectivity index (χ3n) is 5.91. The van der Waals surface area contributed by atoms with Gasteiger partial charge in [-0.25, -0.2) is 13.4 Å².